The predicted octanol–water partition coefficient (Wildman–Crippen LogP) is 3.36. The molecule has 21 heavy (non-hydrogen) atoms. The van der Waals surface area contributed by atoms with E-state index in [0.717, 1.165) is 16.7 Å². The first-order valence-electron chi connectivity index (χ1n) is 6.70. The zero-order valence-corrected chi connectivity index (χ0v) is 12.3. The summed E-state index contributed by atoms with van der Waals surface area (Å²) in [5.74, 6) is 0.398. The largest absolute Gasteiger partial charge is 0.506 e. The van der Waals surface area contributed by atoms with Crippen molar-refractivity contribution in [2.24, 2.45) is 0 Å². The van der Waals surface area contributed by atoms with Crippen LogP contribution >= 0.6 is 0 Å². The number of hydrogen-bond donors (Lipinski definition) is 2. The second-order valence-electron chi connectivity index (χ2n) is 4.88. The zero-order valence-electron chi connectivity index (χ0n) is 12.3. The lowest BCUT2D eigenvalue weighted by molar-refractivity contribution is -0.111. The van der Waals surface area contributed by atoms with Crippen LogP contribution in [-0.4, -0.2) is 16.0 Å². The van der Waals surface area contributed by atoms with Crippen LogP contribution in [0.15, 0.2) is 36.4 Å². The molecule has 1 aromatic heterocycles. The van der Waals surface area contributed by atoms with E-state index in [-0.39, 0.29) is 11.7 Å². The molecule has 1 aromatic carbocycles. The van der Waals surface area contributed by atoms with Gasteiger partial charge in [0.15, 0.2) is 0 Å². The normalized spacial score (nSPS) is 10.8. The predicted molar refractivity (Wildman–Crippen MR) is 84.2 cm³/mol. The summed E-state index contributed by atoms with van der Waals surface area (Å²) in [5.41, 5.74) is 2.94. The van der Waals surface area contributed by atoms with Crippen molar-refractivity contribution >= 4 is 17.8 Å². The van der Waals surface area contributed by atoms with Crippen molar-refractivity contribution < 1.29 is 9.90 Å². The summed E-state index contributed by atoms with van der Waals surface area (Å²) in [6, 6.07) is 9.59. The van der Waals surface area contributed by atoms with E-state index in [0.29, 0.717) is 11.5 Å². The maximum atomic E-state index is 11.9. The summed E-state index contributed by atoms with van der Waals surface area (Å²) in [7, 11) is 0. The third-order valence-corrected chi connectivity index (χ3v) is 3.36. The van der Waals surface area contributed by atoms with Gasteiger partial charge in [-0.3, -0.25) is 4.79 Å². The van der Waals surface area contributed by atoms with Gasteiger partial charge in [0.05, 0.1) is 5.69 Å². The minimum absolute atomic E-state index is 0.172. The molecule has 0 aliphatic rings. The first-order chi connectivity index (χ1) is 9.99. The van der Waals surface area contributed by atoms with Crippen molar-refractivity contribution in [3.8, 4) is 5.75 Å². The minimum atomic E-state index is -0.251. The lowest BCUT2D eigenvalue weighted by atomic mass is 10.1. The fourth-order valence-corrected chi connectivity index (χ4v) is 1.95. The van der Waals surface area contributed by atoms with Crippen LogP contribution in [0.2, 0.25) is 0 Å². The topological polar surface area (TPSA) is 62.2 Å². The van der Waals surface area contributed by atoms with E-state index in [2.05, 4.69) is 10.3 Å². The van der Waals surface area contributed by atoms with Gasteiger partial charge in [-0.05, 0) is 43.5 Å². The molecule has 4 nitrogen and oxygen atoms in total. The Morgan fingerprint density at radius 3 is 2.48 bits per heavy atom. The van der Waals surface area contributed by atoms with Gasteiger partial charge in [0, 0.05) is 6.08 Å². The Bertz CT molecular complexity index is 692. The number of nitrogens with zero attached hydrogens (tertiary/aromatic N) is 1. The van der Waals surface area contributed by atoms with Crippen molar-refractivity contribution in [2.45, 2.75) is 20.8 Å². The maximum Gasteiger partial charge on any atom is 0.249 e. The number of carbonyl (C=O) groups is 1. The highest BCUT2D eigenvalue weighted by atomic mass is 16.3. The number of aryl methyl sites for hydroxylation is 1. The summed E-state index contributed by atoms with van der Waals surface area (Å²) in [6.45, 7) is 5.32. The van der Waals surface area contributed by atoms with Crippen LogP contribution in [0, 0.1) is 20.8 Å². The molecule has 4 heteroatoms. The molecule has 2 N–H and O–H groups in total. The van der Waals surface area contributed by atoms with E-state index in [1.165, 1.54) is 6.08 Å². The summed E-state index contributed by atoms with van der Waals surface area (Å²) < 4.78 is 0. The number of carbonyl (C=O) groups excluding carboxylic acids is 1. The fourth-order valence-electron chi connectivity index (χ4n) is 1.95. The zero-order chi connectivity index (χ0) is 15.4. The third kappa shape index (κ3) is 3.48. The molecule has 0 saturated carbocycles. The monoisotopic (exact) mass is 282 g/mol. The second kappa shape index (κ2) is 6.22. The molecule has 2 rings (SSSR count). The van der Waals surface area contributed by atoms with Gasteiger partial charge in [-0.2, -0.15) is 0 Å². The fraction of sp³-hybridized carbons (Fsp3) is 0.176. The lowest BCUT2D eigenvalue weighted by Crippen LogP contribution is -2.12. The number of anilines is 1. The highest BCUT2D eigenvalue weighted by Crippen LogP contribution is 2.27. The van der Waals surface area contributed by atoms with Gasteiger partial charge >= 0.3 is 0 Å². The van der Waals surface area contributed by atoms with E-state index in [9.17, 15) is 9.90 Å². The highest BCUT2D eigenvalue weighted by molar-refractivity contribution is 6.01. The molecular weight excluding hydrogens is 264 g/mol. The first-order valence-corrected chi connectivity index (χ1v) is 6.70. The van der Waals surface area contributed by atoms with Crippen molar-refractivity contribution in [3.63, 3.8) is 0 Å². The average molecular weight is 282 g/mol. The molecule has 1 amide bonds. The molecular formula is C17H18N2O2. The van der Waals surface area contributed by atoms with Gasteiger partial charge in [0.2, 0.25) is 5.91 Å². The van der Waals surface area contributed by atoms with Gasteiger partial charge in [0.1, 0.15) is 11.6 Å². The van der Waals surface area contributed by atoms with Gasteiger partial charge in [-0.1, -0.05) is 30.3 Å². The summed E-state index contributed by atoms with van der Waals surface area (Å²) in [5, 5.41) is 12.5. The standard InChI is InChI=1S/C17H18N2O2/c1-11-12(2)17(18-13(3)16(11)21)19-15(20)10-9-14-7-5-4-6-8-14/h4-10,21H,1-3H3,(H,18,19,20). The van der Waals surface area contributed by atoms with E-state index >= 15 is 0 Å². The maximum absolute atomic E-state index is 11.9. The van der Waals surface area contributed by atoms with E-state index < -0.39 is 0 Å². The molecule has 1 heterocycles. The lowest BCUT2D eigenvalue weighted by Gasteiger charge is -2.11. The molecule has 108 valence electrons. The molecule has 0 unspecified atom stereocenters. The van der Waals surface area contributed by atoms with Crippen molar-refractivity contribution in [1.29, 1.82) is 0 Å². The molecule has 0 bridgehead atoms. The first kappa shape index (κ1) is 14.8. The van der Waals surface area contributed by atoms with Crippen molar-refractivity contribution in [2.75, 3.05) is 5.32 Å². The number of nitrogens with one attached hydrogen (secondary N) is 1. The quantitative estimate of drug-likeness (QED) is 0.848. The number of benzene rings is 1. The van der Waals surface area contributed by atoms with Crippen LogP contribution < -0.4 is 5.32 Å². The van der Waals surface area contributed by atoms with Crippen LogP contribution in [0.25, 0.3) is 6.08 Å². The number of hydrogen-bond acceptors (Lipinski definition) is 3. The third-order valence-electron chi connectivity index (χ3n) is 3.36. The summed E-state index contributed by atoms with van der Waals surface area (Å²) in [6.07, 6.45) is 3.21. The molecule has 0 radical (unpaired) electrons. The van der Waals surface area contributed by atoms with E-state index in [1.54, 1.807) is 19.9 Å². The Labute approximate surface area is 124 Å². The van der Waals surface area contributed by atoms with Crippen LogP contribution in [0.3, 0.4) is 0 Å². The Morgan fingerprint density at radius 2 is 1.81 bits per heavy atom. The summed E-state index contributed by atoms with van der Waals surface area (Å²) >= 11 is 0. The minimum Gasteiger partial charge on any atom is -0.506 e. The molecule has 0 spiro atoms. The number of aromatic nitrogens is 1. The molecule has 0 saturated heterocycles. The summed E-state index contributed by atoms with van der Waals surface area (Å²) in [4.78, 5) is 16.2. The number of amides is 1. The van der Waals surface area contributed by atoms with Crippen LogP contribution in [-0.2, 0) is 4.79 Å². The number of rotatable bonds is 3. The second-order valence-corrected chi connectivity index (χ2v) is 4.88. The van der Waals surface area contributed by atoms with Gasteiger partial charge in [-0.25, -0.2) is 4.98 Å². The number of pyridine rings is 1. The average Bonchev–Trinajstić information content (AvgIpc) is 2.49. The molecule has 0 atom stereocenters. The molecule has 0 aliphatic carbocycles. The van der Waals surface area contributed by atoms with Crippen molar-refractivity contribution in [3.05, 3.63) is 58.8 Å². The Hall–Kier alpha value is -2.62. The van der Waals surface area contributed by atoms with Crippen LogP contribution in [0.5, 0.6) is 5.75 Å². The van der Waals surface area contributed by atoms with Gasteiger partial charge < -0.3 is 10.4 Å². The molecule has 0 fully saturated rings. The van der Waals surface area contributed by atoms with Gasteiger partial charge in [-0.15, -0.1) is 0 Å². The Morgan fingerprint density at radius 1 is 1.14 bits per heavy atom. The van der Waals surface area contributed by atoms with Crippen LogP contribution in [0.1, 0.15) is 22.4 Å². The number of aromatic hydroxyl groups is 1. The Kier molecular flexibility index (Phi) is 4.38. The molecule has 2 aromatic rings. The highest BCUT2D eigenvalue weighted by Gasteiger charge is 2.11. The SMILES string of the molecule is Cc1nc(NC(=O)C=Cc2ccccc2)c(C)c(C)c1O. The van der Waals surface area contributed by atoms with E-state index in [4.69, 9.17) is 0 Å². The van der Waals surface area contributed by atoms with Gasteiger partial charge in [0.25, 0.3) is 0 Å². The smallest absolute Gasteiger partial charge is 0.249 e. The van der Waals surface area contributed by atoms with E-state index in [1.807, 2.05) is 37.3 Å². The molecule has 0 aliphatic heterocycles. The van der Waals surface area contributed by atoms with Crippen LogP contribution in [0.4, 0.5) is 5.82 Å². The Balaban J connectivity index is 2.15. The van der Waals surface area contributed by atoms with Crippen molar-refractivity contribution in [1.82, 2.24) is 4.98 Å².